The van der Waals surface area contributed by atoms with Gasteiger partial charge in [-0.2, -0.15) is 0 Å². The maximum absolute atomic E-state index is 12.9. The molecule has 2 N–H and O–H groups in total. The Hall–Kier alpha value is -3.43. The van der Waals surface area contributed by atoms with Crippen LogP contribution in [0.5, 0.6) is 5.75 Å². The highest BCUT2D eigenvalue weighted by atomic mass is 32.2. The van der Waals surface area contributed by atoms with E-state index in [1.165, 1.54) is 32.2 Å². The molecule has 3 aromatic carbocycles. The molecule has 0 saturated heterocycles. The topological polar surface area (TPSA) is 97.4 Å². The molecule has 1 aromatic heterocycles. The molecular weight excluding hydrogens is 434 g/mol. The summed E-state index contributed by atoms with van der Waals surface area (Å²) in [6.45, 7) is 1.37. The smallest absolute Gasteiger partial charge is 0.262 e. The number of carbonyl (C=O) groups excluding carboxylic acids is 1. The van der Waals surface area contributed by atoms with Gasteiger partial charge in [0.2, 0.25) is 5.91 Å². The summed E-state index contributed by atoms with van der Waals surface area (Å²) in [5.41, 5.74) is 2.54. The molecular formula is C22H19N3O4S2. The molecule has 9 heteroatoms. The Bertz CT molecular complexity index is 1350. The van der Waals surface area contributed by atoms with Gasteiger partial charge in [-0.3, -0.25) is 9.52 Å². The minimum absolute atomic E-state index is 0.0174. The molecule has 4 aromatic rings. The minimum atomic E-state index is -3.87. The largest absolute Gasteiger partial charge is 0.495 e. The first kappa shape index (κ1) is 20.8. The van der Waals surface area contributed by atoms with Crippen LogP contribution in [0.1, 0.15) is 6.92 Å². The molecule has 0 fully saturated rings. The number of hydrogen-bond acceptors (Lipinski definition) is 6. The maximum Gasteiger partial charge on any atom is 0.262 e. The van der Waals surface area contributed by atoms with Crippen molar-refractivity contribution in [1.82, 2.24) is 4.98 Å². The summed E-state index contributed by atoms with van der Waals surface area (Å²) in [6.07, 6.45) is 0. The summed E-state index contributed by atoms with van der Waals surface area (Å²) < 4.78 is 34.7. The molecule has 0 saturated carbocycles. The van der Waals surface area contributed by atoms with Crippen molar-refractivity contribution in [2.45, 2.75) is 11.8 Å². The summed E-state index contributed by atoms with van der Waals surface area (Å²) in [6, 6.07) is 19.2. The Morgan fingerprint density at radius 1 is 1.03 bits per heavy atom. The Morgan fingerprint density at radius 2 is 1.84 bits per heavy atom. The molecule has 0 bridgehead atoms. The second-order valence-electron chi connectivity index (χ2n) is 6.72. The molecule has 4 rings (SSSR count). The van der Waals surface area contributed by atoms with E-state index in [-0.39, 0.29) is 16.6 Å². The van der Waals surface area contributed by atoms with Crippen LogP contribution in [0, 0.1) is 0 Å². The van der Waals surface area contributed by atoms with Crippen molar-refractivity contribution in [3.63, 3.8) is 0 Å². The van der Waals surface area contributed by atoms with Crippen LogP contribution in [0.15, 0.2) is 71.6 Å². The summed E-state index contributed by atoms with van der Waals surface area (Å²) >= 11 is 1.55. The van der Waals surface area contributed by atoms with E-state index in [1.807, 2.05) is 30.3 Å². The Kier molecular flexibility index (Phi) is 5.62. The molecule has 1 heterocycles. The molecule has 0 aliphatic rings. The third-order valence-corrected chi connectivity index (χ3v) is 6.91. The number of aromatic nitrogens is 1. The molecule has 31 heavy (non-hydrogen) atoms. The predicted molar refractivity (Wildman–Crippen MR) is 123 cm³/mol. The van der Waals surface area contributed by atoms with Gasteiger partial charge in [-0.15, -0.1) is 11.3 Å². The highest BCUT2D eigenvalue weighted by Gasteiger charge is 2.18. The van der Waals surface area contributed by atoms with E-state index in [0.717, 1.165) is 20.8 Å². The normalized spacial score (nSPS) is 11.3. The van der Waals surface area contributed by atoms with E-state index < -0.39 is 10.0 Å². The highest BCUT2D eigenvalue weighted by molar-refractivity contribution is 7.92. The van der Waals surface area contributed by atoms with Crippen LogP contribution in [-0.2, 0) is 14.8 Å². The van der Waals surface area contributed by atoms with Gasteiger partial charge in [-0.25, -0.2) is 13.4 Å². The molecule has 0 aliphatic heterocycles. The molecule has 0 aliphatic carbocycles. The van der Waals surface area contributed by atoms with Gasteiger partial charge in [0.15, 0.2) is 0 Å². The lowest BCUT2D eigenvalue weighted by molar-refractivity contribution is -0.114. The second kappa shape index (κ2) is 8.37. The van der Waals surface area contributed by atoms with E-state index in [2.05, 4.69) is 15.0 Å². The number of nitrogens with one attached hydrogen (secondary N) is 2. The van der Waals surface area contributed by atoms with Crippen LogP contribution in [0.25, 0.3) is 20.8 Å². The van der Waals surface area contributed by atoms with Gasteiger partial charge >= 0.3 is 0 Å². The number of para-hydroxylation sites is 1. The quantitative estimate of drug-likeness (QED) is 0.440. The van der Waals surface area contributed by atoms with Crippen LogP contribution in [-0.4, -0.2) is 26.4 Å². The standard InChI is InChI=1S/C22H19N3O4S2/c1-14(26)23-18-11-10-17(13-20(18)29-2)31(27,28)25-16-7-5-6-15(12-16)22-24-19-8-3-4-9-21(19)30-22/h3-13,25H,1-2H3,(H,23,26). The summed E-state index contributed by atoms with van der Waals surface area (Å²) in [4.78, 5) is 16.0. The highest BCUT2D eigenvalue weighted by Crippen LogP contribution is 2.32. The summed E-state index contributed by atoms with van der Waals surface area (Å²) in [7, 11) is -2.47. The van der Waals surface area contributed by atoms with Crippen molar-refractivity contribution >= 4 is 48.9 Å². The minimum Gasteiger partial charge on any atom is -0.495 e. The molecule has 0 atom stereocenters. The van der Waals surface area contributed by atoms with E-state index >= 15 is 0 Å². The number of nitrogens with zero attached hydrogens (tertiary/aromatic N) is 1. The lowest BCUT2D eigenvalue weighted by Gasteiger charge is -2.13. The van der Waals surface area contributed by atoms with Crippen molar-refractivity contribution in [3.05, 3.63) is 66.7 Å². The number of fused-ring (bicyclic) bond motifs is 1. The number of thiazole rings is 1. The Labute approximate surface area is 183 Å². The number of methoxy groups -OCH3 is 1. The fraction of sp³-hybridized carbons (Fsp3) is 0.0909. The van der Waals surface area contributed by atoms with Gasteiger partial charge in [0.05, 0.1) is 27.9 Å². The van der Waals surface area contributed by atoms with E-state index in [0.29, 0.717) is 11.4 Å². The average molecular weight is 454 g/mol. The molecule has 158 valence electrons. The second-order valence-corrected chi connectivity index (χ2v) is 9.43. The summed E-state index contributed by atoms with van der Waals surface area (Å²) in [5.74, 6) is -0.0278. The van der Waals surface area contributed by atoms with Crippen molar-refractivity contribution < 1.29 is 17.9 Å². The van der Waals surface area contributed by atoms with Gasteiger partial charge in [-0.1, -0.05) is 24.3 Å². The van der Waals surface area contributed by atoms with Crippen LogP contribution < -0.4 is 14.8 Å². The molecule has 7 nitrogen and oxygen atoms in total. The van der Waals surface area contributed by atoms with E-state index in [1.54, 1.807) is 29.5 Å². The maximum atomic E-state index is 12.9. The first-order valence-corrected chi connectivity index (χ1v) is 11.6. The first-order valence-electron chi connectivity index (χ1n) is 9.30. The van der Waals surface area contributed by atoms with Crippen LogP contribution in [0.4, 0.5) is 11.4 Å². The van der Waals surface area contributed by atoms with E-state index in [4.69, 9.17) is 4.74 Å². The van der Waals surface area contributed by atoms with Crippen molar-refractivity contribution in [2.75, 3.05) is 17.1 Å². The van der Waals surface area contributed by atoms with Gasteiger partial charge in [0, 0.05) is 24.2 Å². The molecule has 1 amide bonds. The number of sulfonamides is 1. The van der Waals surface area contributed by atoms with Gasteiger partial charge in [0.1, 0.15) is 10.8 Å². The van der Waals surface area contributed by atoms with E-state index in [9.17, 15) is 13.2 Å². The number of amides is 1. The monoisotopic (exact) mass is 453 g/mol. The van der Waals surface area contributed by atoms with Gasteiger partial charge in [-0.05, 0) is 36.4 Å². The lowest BCUT2D eigenvalue weighted by Crippen LogP contribution is -2.14. The van der Waals surface area contributed by atoms with Gasteiger partial charge < -0.3 is 10.1 Å². The number of rotatable bonds is 6. The Morgan fingerprint density at radius 3 is 2.58 bits per heavy atom. The number of ether oxygens (including phenoxy) is 1. The molecule has 0 spiro atoms. The summed E-state index contributed by atoms with van der Waals surface area (Å²) in [5, 5.41) is 3.41. The zero-order valence-electron chi connectivity index (χ0n) is 16.7. The predicted octanol–water partition coefficient (Wildman–Crippen LogP) is 4.73. The number of benzene rings is 3. The molecule has 0 unspecified atom stereocenters. The fourth-order valence-electron chi connectivity index (χ4n) is 3.06. The lowest BCUT2D eigenvalue weighted by atomic mass is 10.2. The Balaban J connectivity index is 1.63. The number of carbonyl (C=O) groups is 1. The zero-order chi connectivity index (χ0) is 22.0. The third-order valence-electron chi connectivity index (χ3n) is 4.45. The zero-order valence-corrected chi connectivity index (χ0v) is 18.4. The number of anilines is 2. The van der Waals surface area contributed by atoms with Crippen LogP contribution in [0.2, 0.25) is 0 Å². The van der Waals surface area contributed by atoms with Crippen molar-refractivity contribution in [3.8, 4) is 16.3 Å². The average Bonchev–Trinajstić information content (AvgIpc) is 3.18. The van der Waals surface area contributed by atoms with Crippen molar-refractivity contribution in [2.24, 2.45) is 0 Å². The van der Waals surface area contributed by atoms with Crippen molar-refractivity contribution in [1.29, 1.82) is 0 Å². The fourth-order valence-corrected chi connectivity index (χ4v) is 5.08. The molecule has 0 radical (unpaired) electrons. The third kappa shape index (κ3) is 4.52. The number of hydrogen-bond donors (Lipinski definition) is 2. The SMILES string of the molecule is COc1cc(S(=O)(=O)Nc2cccc(-c3nc4ccccc4s3)c2)ccc1NC(C)=O. The first-order chi connectivity index (χ1) is 14.9. The van der Waals surface area contributed by atoms with Crippen LogP contribution in [0.3, 0.4) is 0 Å². The van der Waals surface area contributed by atoms with Gasteiger partial charge in [0.25, 0.3) is 10.0 Å². The van der Waals surface area contributed by atoms with Crippen LogP contribution >= 0.6 is 11.3 Å².